The lowest BCUT2D eigenvalue weighted by Gasteiger charge is -2.21. The van der Waals surface area contributed by atoms with Gasteiger partial charge in [0.25, 0.3) is 0 Å². The van der Waals surface area contributed by atoms with Crippen molar-refractivity contribution in [3.8, 4) is 5.75 Å². The van der Waals surface area contributed by atoms with Crippen LogP contribution in [0, 0.1) is 0 Å². The van der Waals surface area contributed by atoms with E-state index >= 15 is 0 Å². The number of hydrogen-bond acceptors (Lipinski definition) is 3. The molecule has 2 nitrogen and oxygen atoms in total. The van der Waals surface area contributed by atoms with E-state index in [1.54, 1.807) is 17.4 Å². The Morgan fingerprint density at radius 1 is 1.39 bits per heavy atom. The molecule has 2 aromatic rings. The van der Waals surface area contributed by atoms with Crippen molar-refractivity contribution in [2.24, 2.45) is 5.73 Å². The minimum absolute atomic E-state index is 0.102. The molecule has 0 bridgehead atoms. The van der Waals surface area contributed by atoms with Gasteiger partial charge in [-0.15, -0.1) is 11.3 Å². The molecule has 0 saturated heterocycles. The highest BCUT2D eigenvalue weighted by atomic mass is 79.9. The Hall–Kier alpha value is -0.550. The summed E-state index contributed by atoms with van der Waals surface area (Å²) in [5.41, 5.74) is 6.00. The third-order valence-corrected chi connectivity index (χ3v) is 4.39. The van der Waals surface area contributed by atoms with Crippen molar-refractivity contribution in [3.63, 3.8) is 0 Å². The molecule has 0 aliphatic carbocycles. The first-order chi connectivity index (χ1) is 8.56. The van der Waals surface area contributed by atoms with E-state index in [1.807, 2.05) is 36.6 Å². The van der Waals surface area contributed by atoms with Crippen LogP contribution in [0.25, 0.3) is 0 Å². The van der Waals surface area contributed by atoms with Crippen LogP contribution in [-0.2, 0) is 0 Å². The monoisotopic (exact) mass is 345 g/mol. The summed E-state index contributed by atoms with van der Waals surface area (Å²) < 4.78 is 6.98. The third kappa shape index (κ3) is 3.48. The zero-order valence-corrected chi connectivity index (χ0v) is 12.9. The van der Waals surface area contributed by atoms with Crippen LogP contribution >= 0.6 is 38.9 Å². The van der Waals surface area contributed by atoms with Gasteiger partial charge in [-0.1, -0.05) is 17.7 Å². The molecular formula is C13H13BrClNOS. The molecular weight excluding hydrogens is 334 g/mol. The van der Waals surface area contributed by atoms with Crippen molar-refractivity contribution in [2.75, 3.05) is 0 Å². The molecule has 18 heavy (non-hydrogen) atoms. The number of halogens is 2. The maximum Gasteiger partial charge on any atom is 0.148 e. The first-order valence-corrected chi connectivity index (χ1v) is 7.53. The summed E-state index contributed by atoms with van der Waals surface area (Å²) >= 11 is 11.0. The zero-order valence-electron chi connectivity index (χ0n) is 9.77. The minimum atomic E-state index is -0.167. The average molecular weight is 347 g/mol. The second-order valence-electron chi connectivity index (χ2n) is 4.02. The number of rotatable bonds is 4. The van der Waals surface area contributed by atoms with Gasteiger partial charge in [0.2, 0.25) is 0 Å². The van der Waals surface area contributed by atoms with Crippen LogP contribution in [-0.4, -0.2) is 6.04 Å². The molecule has 0 amide bonds. The Morgan fingerprint density at radius 2 is 2.17 bits per heavy atom. The lowest BCUT2D eigenvalue weighted by Crippen LogP contribution is -2.28. The molecule has 2 rings (SSSR count). The smallest absolute Gasteiger partial charge is 0.148 e. The Labute approximate surface area is 124 Å². The first-order valence-electron chi connectivity index (χ1n) is 5.48. The van der Waals surface area contributed by atoms with Crippen molar-refractivity contribution in [3.05, 3.63) is 50.1 Å². The third-order valence-electron chi connectivity index (χ3n) is 2.40. The van der Waals surface area contributed by atoms with Crippen LogP contribution in [0.2, 0.25) is 5.02 Å². The van der Waals surface area contributed by atoms with E-state index in [-0.39, 0.29) is 12.1 Å². The van der Waals surface area contributed by atoms with Gasteiger partial charge in [0, 0.05) is 25.8 Å². The summed E-state index contributed by atoms with van der Waals surface area (Å²) in [6, 6.07) is 9.28. The van der Waals surface area contributed by atoms with E-state index in [9.17, 15) is 0 Å². The summed E-state index contributed by atoms with van der Waals surface area (Å²) in [4.78, 5) is 1.09. The topological polar surface area (TPSA) is 35.2 Å². The molecule has 0 fully saturated rings. The number of ether oxygens (including phenoxy) is 1. The molecule has 2 atom stereocenters. The van der Waals surface area contributed by atoms with E-state index < -0.39 is 0 Å². The second-order valence-corrected chi connectivity index (χ2v) is 6.32. The predicted octanol–water partition coefficient (Wildman–Crippen LogP) is 4.63. The van der Waals surface area contributed by atoms with Crippen LogP contribution in [0.1, 0.15) is 17.9 Å². The zero-order chi connectivity index (χ0) is 13.1. The number of hydrogen-bond donors (Lipinski definition) is 1. The van der Waals surface area contributed by atoms with Crippen molar-refractivity contribution in [1.29, 1.82) is 0 Å². The molecule has 2 N–H and O–H groups in total. The summed E-state index contributed by atoms with van der Waals surface area (Å²) in [6.45, 7) is 1.93. The van der Waals surface area contributed by atoms with Crippen LogP contribution < -0.4 is 10.5 Å². The van der Waals surface area contributed by atoms with Crippen molar-refractivity contribution in [1.82, 2.24) is 0 Å². The van der Waals surface area contributed by atoms with Crippen LogP contribution in [0.5, 0.6) is 5.75 Å². The molecule has 0 spiro atoms. The van der Waals surface area contributed by atoms with Gasteiger partial charge in [-0.3, -0.25) is 0 Å². The van der Waals surface area contributed by atoms with Gasteiger partial charge in [0.15, 0.2) is 0 Å². The van der Waals surface area contributed by atoms with E-state index in [1.165, 1.54) is 0 Å². The normalized spacial score (nSPS) is 14.2. The first kappa shape index (κ1) is 13.9. The van der Waals surface area contributed by atoms with E-state index in [2.05, 4.69) is 15.9 Å². The molecule has 2 unspecified atom stereocenters. The van der Waals surface area contributed by atoms with E-state index in [4.69, 9.17) is 22.1 Å². The largest absolute Gasteiger partial charge is 0.483 e. The molecule has 1 heterocycles. The van der Waals surface area contributed by atoms with Crippen molar-refractivity contribution >= 4 is 38.9 Å². The molecule has 1 aromatic carbocycles. The van der Waals surface area contributed by atoms with Gasteiger partial charge < -0.3 is 10.5 Å². The summed E-state index contributed by atoms with van der Waals surface area (Å²) in [5, 5.41) is 2.68. The fourth-order valence-electron chi connectivity index (χ4n) is 1.59. The maximum atomic E-state index is 6.00. The molecule has 96 valence electrons. The maximum absolute atomic E-state index is 6.00. The Balaban J connectivity index is 2.22. The van der Waals surface area contributed by atoms with E-state index in [0.29, 0.717) is 5.02 Å². The van der Waals surface area contributed by atoms with Gasteiger partial charge in [-0.2, -0.15) is 0 Å². The fraction of sp³-hybridized carbons (Fsp3) is 0.231. The van der Waals surface area contributed by atoms with Gasteiger partial charge in [0.1, 0.15) is 11.9 Å². The minimum Gasteiger partial charge on any atom is -0.483 e. The Kier molecular flexibility index (Phi) is 4.67. The lowest BCUT2D eigenvalue weighted by molar-refractivity contribution is 0.184. The van der Waals surface area contributed by atoms with Gasteiger partial charge in [0.05, 0.1) is 0 Å². The molecule has 0 aliphatic rings. The highest BCUT2D eigenvalue weighted by Gasteiger charge is 2.20. The van der Waals surface area contributed by atoms with Crippen molar-refractivity contribution < 1.29 is 4.74 Å². The standard InChI is InChI=1S/C13H13BrClNOS/c1-8(16)13(12-5-9(14)7-18-12)17-11-4-2-3-10(15)6-11/h2-8,13H,16H2,1H3. The van der Waals surface area contributed by atoms with Crippen molar-refractivity contribution in [2.45, 2.75) is 19.1 Å². The SMILES string of the molecule is CC(N)C(Oc1cccc(Cl)c1)c1cc(Br)cs1. The molecule has 0 saturated carbocycles. The molecule has 1 aromatic heterocycles. The Bertz CT molecular complexity index is 529. The van der Waals surface area contributed by atoms with Crippen LogP contribution in [0.3, 0.4) is 0 Å². The molecule has 0 radical (unpaired) electrons. The highest BCUT2D eigenvalue weighted by molar-refractivity contribution is 9.10. The highest BCUT2D eigenvalue weighted by Crippen LogP contribution is 2.31. The summed E-state index contributed by atoms with van der Waals surface area (Å²) in [7, 11) is 0. The van der Waals surface area contributed by atoms with E-state index in [0.717, 1.165) is 15.1 Å². The van der Waals surface area contributed by atoms with Crippen LogP contribution in [0.4, 0.5) is 0 Å². The van der Waals surface area contributed by atoms with Gasteiger partial charge >= 0.3 is 0 Å². The number of thiophene rings is 1. The quantitative estimate of drug-likeness (QED) is 0.876. The van der Waals surface area contributed by atoms with Gasteiger partial charge in [-0.05, 0) is 47.1 Å². The predicted molar refractivity (Wildman–Crippen MR) is 80.5 cm³/mol. The van der Waals surface area contributed by atoms with Gasteiger partial charge in [-0.25, -0.2) is 0 Å². The number of nitrogens with two attached hydrogens (primary N) is 1. The fourth-order valence-corrected chi connectivity index (χ4v) is 3.36. The summed E-state index contributed by atoms with van der Waals surface area (Å²) in [6.07, 6.45) is -0.167. The average Bonchev–Trinajstić information content (AvgIpc) is 2.72. The lowest BCUT2D eigenvalue weighted by atomic mass is 10.1. The summed E-state index contributed by atoms with van der Waals surface area (Å²) in [5.74, 6) is 0.731. The Morgan fingerprint density at radius 3 is 2.72 bits per heavy atom. The molecule has 0 aliphatic heterocycles. The molecule has 5 heteroatoms. The second kappa shape index (κ2) is 6.06. The number of benzene rings is 1. The van der Waals surface area contributed by atoms with Crippen LogP contribution in [0.15, 0.2) is 40.2 Å².